The lowest BCUT2D eigenvalue weighted by Crippen LogP contribution is -1.95. The van der Waals surface area contributed by atoms with Crippen LogP contribution in [0.1, 0.15) is 16.7 Å². The second-order valence-corrected chi connectivity index (χ2v) is 7.39. The Bertz CT molecular complexity index is 1350. The normalized spacial score (nSPS) is 10.5. The van der Waals surface area contributed by atoms with E-state index in [1.807, 2.05) is 0 Å². The molecule has 0 saturated heterocycles. The van der Waals surface area contributed by atoms with Crippen molar-refractivity contribution in [2.24, 2.45) is 0 Å². The molecule has 0 aliphatic rings. The Morgan fingerprint density at radius 1 is 0.667 bits per heavy atom. The molecule has 0 bridgehead atoms. The van der Waals surface area contributed by atoms with Crippen LogP contribution < -0.4 is 0 Å². The zero-order chi connectivity index (χ0) is 23.5. The van der Waals surface area contributed by atoms with E-state index in [1.165, 1.54) is 48.5 Å². The number of hydrogen-bond acceptors (Lipinski definition) is 1. The van der Waals surface area contributed by atoms with Crippen LogP contribution in [0.25, 0.3) is 27.1 Å². The minimum absolute atomic E-state index is 0.119. The number of halogens is 4. The van der Waals surface area contributed by atoms with Crippen molar-refractivity contribution < 1.29 is 17.6 Å². The third-order valence-electron chi connectivity index (χ3n) is 5.25. The third-order valence-corrected chi connectivity index (χ3v) is 5.25. The summed E-state index contributed by atoms with van der Waals surface area (Å²) >= 11 is 0. The number of benzene rings is 4. The lowest BCUT2D eigenvalue weighted by Gasteiger charge is -2.10. The molecule has 0 radical (unpaired) electrons. The summed E-state index contributed by atoms with van der Waals surface area (Å²) in [5.74, 6) is -2.57. The fourth-order valence-electron chi connectivity index (χ4n) is 3.58. The fourth-order valence-corrected chi connectivity index (χ4v) is 3.58. The van der Waals surface area contributed by atoms with E-state index in [1.54, 1.807) is 18.2 Å². The van der Waals surface area contributed by atoms with Gasteiger partial charge in [-0.25, -0.2) is 22.4 Å². The molecule has 4 aromatic carbocycles. The lowest BCUT2D eigenvalue weighted by molar-refractivity contribution is 0.621. The van der Waals surface area contributed by atoms with E-state index >= 15 is 0 Å². The average molecular weight is 442 g/mol. The highest BCUT2D eigenvalue weighted by Crippen LogP contribution is 2.30. The Hall–Kier alpha value is -4.42. The fraction of sp³-hybridized carbons (Fsp3) is 0.0370. The van der Waals surface area contributed by atoms with Crippen molar-refractivity contribution in [3.63, 3.8) is 0 Å². The van der Waals surface area contributed by atoms with Gasteiger partial charge >= 0.3 is 0 Å². The molecule has 0 spiro atoms. The minimum atomic E-state index is -0.724. The summed E-state index contributed by atoms with van der Waals surface area (Å²) in [4.78, 5) is 3.05. The van der Waals surface area contributed by atoms with Crippen molar-refractivity contribution in [1.29, 1.82) is 5.26 Å². The van der Waals surface area contributed by atoms with Gasteiger partial charge in [-0.1, -0.05) is 42.5 Å². The number of hydrogen-bond donors (Lipinski definition) is 0. The van der Waals surface area contributed by atoms with Gasteiger partial charge in [0.2, 0.25) is 5.69 Å². The summed E-state index contributed by atoms with van der Waals surface area (Å²) in [5, 5.41) is 8.83. The standard InChI is InChI=1S/C27H14F4N2/c1-33-27-9-6-19(14-26(27)31)22-8-3-17(12-25(22)30)10-16-2-7-21(24(29)11-16)18-4-5-20(15-32)23(28)13-18/h2-9,11-14H,10H2. The Morgan fingerprint density at radius 2 is 1.21 bits per heavy atom. The molecule has 0 atom stereocenters. The van der Waals surface area contributed by atoms with Gasteiger partial charge in [0.15, 0.2) is 0 Å². The van der Waals surface area contributed by atoms with E-state index < -0.39 is 23.3 Å². The molecule has 6 heteroatoms. The van der Waals surface area contributed by atoms with E-state index in [2.05, 4.69) is 4.85 Å². The Kier molecular flexibility index (Phi) is 5.93. The molecule has 2 nitrogen and oxygen atoms in total. The summed E-state index contributed by atoms with van der Waals surface area (Å²) < 4.78 is 57.2. The smallest absolute Gasteiger partial charge is 0.222 e. The van der Waals surface area contributed by atoms with Gasteiger partial charge in [-0.2, -0.15) is 5.26 Å². The quantitative estimate of drug-likeness (QED) is 0.236. The van der Waals surface area contributed by atoms with E-state index in [9.17, 15) is 17.6 Å². The van der Waals surface area contributed by atoms with Crippen LogP contribution in [0.5, 0.6) is 0 Å². The summed E-state index contributed by atoms with van der Waals surface area (Å²) in [7, 11) is 0. The van der Waals surface area contributed by atoms with Gasteiger partial charge in [0.05, 0.1) is 12.1 Å². The number of nitriles is 1. The maximum absolute atomic E-state index is 14.7. The van der Waals surface area contributed by atoms with Crippen molar-refractivity contribution in [1.82, 2.24) is 0 Å². The first kappa shape index (κ1) is 21.8. The van der Waals surface area contributed by atoms with Crippen molar-refractivity contribution in [2.45, 2.75) is 6.42 Å². The van der Waals surface area contributed by atoms with Gasteiger partial charge in [-0.3, -0.25) is 0 Å². The molecule has 0 heterocycles. The number of rotatable bonds is 4. The topological polar surface area (TPSA) is 28.1 Å². The summed E-state index contributed by atoms with van der Waals surface area (Å²) in [6.07, 6.45) is 0.251. The first-order valence-electron chi connectivity index (χ1n) is 9.84. The third kappa shape index (κ3) is 4.46. The monoisotopic (exact) mass is 442 g/mol. The molecule has 0 amide bonds. The maximum atomic E-state index is 14.7. The van der Waals surface area contributed by atoms with Gasteiger partial charge in [-0.05, 0) is 59.0 Å². The van der Waals surface area contributed by atoms with Crippen LogP contribution in [0.2, 0.25) is 0 Å². The molecule has 0 saturated carbocycles. The van der Waals surface area contributed by atoms with Crippen LogP contribution in [0.3, 0.4) is 0 Å². The first-order valence-corrected chi connectivity index (χ1v) is 9.84. The highest BCUT2D eigenvalue weighted by atomic mass is 19.1. The minimum Gasteiger partial charge on any atom is -0.235 e. The Balaban J connectivity index is 1.57. The van der Waals surface area contributed by atoms with E-state index in [0.29, 0.717) is 22.3 Å². The molecule has 0 aliphatic carbocycles. The first-order chi connectivity index (χ1) is 15.9. The summed E-state index contributed by atoms with van der Waals surface area (Å²) in [6, 6.07) is 18.5. The van der Waals surface area contributed by atoms with Crippen LogP contribution in [0, 0.1) is 41.2 Å². The van der Waals surface area contributed by atoms with Gasteiger partial charge in [0, 0.05) is 11.1 Å². The van der Waals surface area contributed by atoms with Crippen molar-refractivity contribution >= 4 is 5.69 Å². The van der Waals surface area contributed by atoms with E-state index in [4.69, 9.17) is 11.8 Å². The molecule has 0 fully saturated rings. The lowest BCUT2D eigenvalue weighted by atomic mass is 9.97. The van der Waals surface area contributed by atoms with Crippen LogP contribution in [-0.2, 0) is 6.42 Å². The highest BCUT2D eigenvalue weighted by Gasteiger charge is 2.12. The van der Waals surface area contributed by atoms with Gasteiger partial charge in [-0.15, -0.1) is 0 Å². The highest BCUT2D eigenvalue weighted by molar-refractivity contribution is 5.68. The van der Waals surface area contributed by atoms with Crippen molar-refractivity contribution in [2.75, 3.05) is 0 Å². The van der Waals surface area contributed by atoms with Crippen LogP contribution in [0.15, 0.2) is 72.8 Å². The number of nitrogens with zero attached hydrogens (tertiary/aromatic N) is 2. The summed E-state index contributed by atoms with van der Waals surface area (Å²) in [6.45, 7) is 6.90. The Labute approximate surface area is 187 Å². The zero-order valence-corrected chi connectivity index (χ0v) is 17.0. The second-order valence-electron chi connectivity index (χ2n) is 7.39. The molecule has 4 rings (SSSR count). The molecular formula is C27H14F4N2. The molecule has 160 valence electrons. The van der Waals surface area contributed by atoms with Crippen LogP contribution >= 0.6 is 0 Å². The predicted octanol–water partition coefficient (Wildman–Crippen LogP) is 7.59. The van der Waals surface area contributed by atoms with E-state index in [0.717, 1.165) is 12.1 Å². The van der Waals surface area contributed by atoms with Gasteiger partial charge in [0.1, 0.15) is 29.3 Å². The molecule has 0 aliphatic heterocycles. The molecule has 0 N–H and O–H groups in total. The predicted molar refractivity (Wildman–Crippen MR) is 117 cm³/mol. The van der Waals surface area contributed by atoms with Crippen LogP contribution in [-0.4, -0.2) is 0 Å². The molecular weight excluding hydrogens is 428 g/mol. The maximum Gasteiger partial charge on any atom is 0.222 e. The van der Waals surface area contributed by atoms with Crippen molar-refractivity contribution in [3.8, 4) is 28.3 Å². The zero-order valence-electron chi connectivity index (χ0n) is 17.0. The molecule has 0 aromatic heterocycles. The van der Waals surface area contributed by atoms with Crippen molar-refractivity contribution in [3.05, 3.63) is 124 Å². The molecule has 4 aromatic rings. The molecule has 33 heavy (non-hydrogen) atoms. The summed E-state index contributed by atoms with van der Waals surface area (Å²) in [5.41, 5.74) is 1.93. The largest absolute Gasteiger partial charge is 0.235 e. The van der Waals surface area contributed by atoms with Gasteiger partial charge in [0.25, 0.3) is 0 Å². The SMILES string of the molecule is [C-]#[N+]c1ccc(-c2ccc(Cc3ccc(-c4ccc(C#N)c(F)c4)c(F)c3)cc2F)cc1F. The second kappa shape index (κ2) is 8.98. The molecule has 0 unspecified atom stereocenters. The van der Waals surface area contributed by atoms with Gasteiger partial charge < -0.3 is 0 Å². The van der Waals surface area contributed by atoms with E-state index in [-0.39, 0.29) is 28.8 Å². The van der Waals surface area contributed by atoms with Crippen LogP contribution in [0.4, 0.5) is 23.2 Å². The Morgan fingerprint density at radius 3 is 1.67 bits per heavy atom. The average Bonchev–Trinajstić information content (AvgIpc) is 2.79.